The van der Waals surface area contributed by atoms with Crippen LogP contribution in [0.5, 0.6) is 0 Å². The lowest BCUT2D eigenvalue weighted by atomic mass is 10.1. The molecule has 0 saturated heterocycles. The predicted molar refractivity (Wildman–Crippen MR) is 84.5 cm³/mol. The maximum absolute atomic E-state index is 13.8. The molecule has 1 amide bonds. The fraction of sp³-hybridized carbons (Fsp3) is 0.250. The summed E-state index contributed by atoms with van der Waals surface area (Å²) in [5.74, 6) is -2.09. The highest BCUT2D eigenvalue weighted by molar-refractivity contribution is 5.83. The Morgan fingerprint density at radius 3 is 2.96 bits per heavy atom. The maximum Gasteiger partial charge on any atom is 0.263 e. The highest BCUT2D eigenvalue weighted by Gasteiger charge is 2.28. The molecule has 3 N–H and O–H groups in total. The van der Waals surface area contributed by atoms with Crippen molar-refractivity contribution in [2.24, 2.45) is 0 Å². The molecule has 0 saturated carbocycles. The van der Waals surface area contributed by atoms with Gasteiger partial charge in [-0.1, -0.05) is 11.2 Å². The number of carbonyl (C=O) groups excluding carboxylic acids is 1. The second kappa shape index (κ2) is 6.64. The van der Waals surface area contributed by atoms with Gasteiger partial charge in [-0.15, -0.1) is 0 Å². The number of hydrogen-bond acceptors (Lipinski definition) is 6. The topological polar surface area (TPSA) is 109 Å². The lowest BCUT2D eigenvalue weighted by Crippen LogP contribution is -2.41. The molecule has 1 atom stereocenters. The number of rotatable bonds is 4. The molecule has 2 aromatic heterocycles. The van der Waals surface area contributed by atoms with Gasteiger partial charge in [0.2, 0.25) is 5.91 Å². The van der Waals surface area contributed by atoms with Gasteiger partial charge in [0, 0.05) is 18.7 Å². The number of nitrogens with one attached hydrogen (secondary N) is 3. The molecule has 0 unspecified atom stereocenters. The number of fused-ring (bicyclic) bond motifs is 1. The van der Waals surface area contributed by atoms with Crippen molar-refractivity contribution >= 4 is 5.91 Å². The minimum atomic E-state index is -0.804. The molecule has 3 aromatic rings. The summed E-state index contributed by atoms with van der Waals surface area (Å²) in [5, 5.41) is 9.40. The molecule has 1 aliphatic rings. The van der Waals surface area contributed by atoms with Crippen molar-refractivity contribution in [3.63, 3.8) is 0 Å². The second-order valence-electron chi connectivity index (χ2n) is 5.73. The van der Waals surface area contributed by atoms with Gasteiger partial charge in [-0.2, -0.15) is 4.98 Å². The normalized spacial score (nSPS) is 16.3. The third-order valence-corrected chi connectivity index (χ3v) is 4.08. The van der Waals surface area contributed by atoms with Crippen LogP contribution >= 0.6 is 0 Å². The van der Waals surface area contributed by atoms with Crippen molar-refractivity contribution in [3.8, 4) is 11.5 Å². The van der Waals surface area contributed by atoms with Crippen molar-refractivity contribution in [3.05, 3.63) is 53.4 Å². The first-order chi connectivity index (χ1) is 12.6. The summed E-state index contributed by atoms with van der Waals surface area (Å²) in [6.45, 7) is 0.600. The molecule has 8 nitrogen and oxygen atoms in total. The summed E-state index contributed by atoms with van der Waals surface area (Å²) >= 11 is 0. The van der Waals surface area contributed by atoms with Crippen LogP contribution in [0.1, 0.15) is 23.3 Å². The van der Waals surface area contributed by atoms with Crippen LogP contribution < -0.4 is 10.6 Å². The number of hydrogen-bond donors (Lipinski definition) is 3. The zero-order chi connectivity index (χ0) is 18.1. The van der Waals surface area contributed by atoms with E-state index in [4.69, 9.17) is 4.52 Å². The van der Waals surface area contributed by atoms with E-state index in [-0.39, 0.29) is 24.2 Å². The minimum Gasteiger partial charge on any atom is -0.348 e. The van der Waals surface area contributed by atoms with Crippen molar-refractivity contribution < 1.29 is 18.1 Å². The quantitative estimate of drug-likeness (QED) is 0.646. The molecular formula is C16H14F2N6O2. The first kappa shape index (κ1) is 16.3. The van der Waals surface area contributed by atoms with Crippen molar-refractivity contribution in [2.45, 2.75) is 19.0 Å². The number of aromatic amines is 1. The zero-order valence-electron chi connectivity index (χ0n) is 13.4. The minimum absolute atomic E-state index is 0.0453. The Kier molecular flexibility index (Phi) is 4.17. The van der Waals surface area contributed by atoms with E-state index in [1.165, 1.54) is 6.07 Å². The second-order valence-corrected chi connectivity index (χ2v) is 5.73. The molecule has 26 heavy (non-hydrogen) atoms. The lowest BCUT2D eigenvalue weighted by molar-refractivity contribution is -0.123. The van der Waals surface area contributed by atoms with E-state index in [1.807, 2.05) is 0 Å². The molecule has 134 valence electrons. The number of halogens is 2. The van der Waals surface area contributed by atoms with Gasteiger partial charge in [0.15, 0.2) is 5.82 Å². The number of imidazole rings is 1. The first-order valence-corrected chi connectivity index (χ1v) is 7.93. The molecule has 0 fully saturated rings. The maximum atomic E-state index is 13.8. The van der Waals surface area contributed by atoms with Gasteiger partial charge in [0.1, 0.15) is 23.2 Å². The fourth-order valence-corrected chi connectivity index (χ4v) is 2.83. The number of H-pyrrole nitrogens is 1. The number of amides is 1. The van der Waals surface area contributed by atoms with Crippen LogP contribution in [0.15, 0.2) is 29.0 Å². The number of benzene rings is 1. The van der Waals surface area contributed by atoms with E-state index in [2.05, 4.69) is 30.7 Å². The Hall–Kier alpha value is -3.14. The molecule has 1 aromatic carbocycles. The van der Waals surface area contributed by atoms with Gasteiger partial charge in [-0.25, -0.2) is 13.8 Å². The summed E-state index contributed by atoms with van der Waals surface area (Å²) in [7, 11) is 0. The summed E-state index contributed by atoms with van der Waals surface area (Å²) in [4.78, 5) is 23.5. The molecule has 0 bridgehead atoms. The SMILES string of the molecule is O=C(NCc1noc(-c2c(F)cccc2F)n1)[C@H]1NCCc2[nH]cnc21. The van der Waals surface area contributed by atoms with E-state index in [0.29, 0.717) is 12.2 Å². The number of nitrogens with zero attached hydrogens (tertiary/aromatic N) is 3. The standard InChI is InChI=1S/C16H14F2N6O2/c17-8-2-1-3-9(18)12(8)16-23-11(24-26-16)6-20-15(25)14-13-10(4-5-19-14)21-7-22-13/h1-3,7,14,19H,4-6H2,(H,20,25)(H,21,22)/t14-/m0/s1. The summed E-state index contributed by atoms with van der Waals surface area (Å²) in [6, 6.07) is 2.85. The van der Waals surface area contributed by atoms with Crippen molar-refractivity contribution in [1.29, 1.82) is 0 Å². The summed E-state index contributed by atoms with van der Waals surface area (Å²) < 4.78 is 32.4. The Bertz CT molecular complexity index is 934. The van der Waals surface area contributed by atoms with E-state index in [0.717, 1.165) is 24.2 Å². The van der Waals surface area contributed by atoms with E-state index in [1.54, 1.807) is 6.33 Å². The van der Waals surface area contributed by atoms with E-state index >= 15 is 0 Å². The third kappa shape index (κ3) is 2.94. The van der Waals surface area contributed by atoms with Crippen LogP contribution in [-0.4, -0.2) is 32.6 Å². The van der Waals surface area contributed by atoms with Crippen LogP contribution in [0.4, 0.5) is 8.78 Å². The summed E-state index contributed by atoms with van der Waals surface area (Å²) in [6.07, 6.45) is 2.31. The van der Waals surface area contributed by atoms with Crippen molar-refractivity contribution in [2.75, 3.05) is 6.54 Å². The molecule has 10 heteroatoms. The van der Waals surface area contributed by atoms with Gasteiger partial charge < -0.3 is 20.1 Å². The monoisotopic (exact) mass is 360 g/mol. The predicted octanol–water partition coefficient (Wildman–Crippen LogP) is 1.24. The highest BCUT2D eigenvalue weighted by atomic mass is 19.1. The average Bonchev–Trinajstić information content (AvgIpc) is 3.28. The van der Waals surface area contributed by atoms with E-state index in [9.17, 15) is 13.6 Å². The highest BCUT2D eigenvalue weighted by Crippen LogP contribution is 2.24. The Morgan fingerprint density at radius 1 is 1.35 bits per heavy atom. The molecular weight excluding hydrogens is 346 g/mol. The van der Waals surface area contributed by atoms with E-state index < -0.39 is 23.2 Å². The van der Waals surface area contributed by atoms with Crippen LogP contribution in [0.2, 0.25) is 0 Å². The lowest BCUT2D eigenvalue weighted by Gasteiger charge is -2.21. The molecule has 3 heterocycles. The Labute approximate surface area is 146 Å². The summed E-state index contributed by atoms with van der Waals surface area (Å²) in [5.41, 5.74) is 1.17. The molecule has 0 spiro atoms. The van der Waals surface area contributed by atoms with Gasteiger partial charge in [0.25, 0.3) is 5.89 Å². The number of aromatic nitrogens is 4. The van der Waals surface area contributed by atoms with Crippen molar-refractivity contribution in [1.82, 2.24) is 30.7 Å². The van der Waals surface area contributed by atoms with Gasteiger partial charge in [-0.3, -0.25) is 4.79 Å². The Morgan fingerprint density at radius 2 is 2.15 bits per heavy atom. The largest absolute Gasteiger partial charge is 0.348 e. The number of carbonyl (C=O) groups is 1. The molecule has 0 radical (unpaired) electrons. The zero-order valence-corrected chi connectivity index (χ0v) is 13.4. The first-order valence-electron chi connectivity index (χ1n) is 7.93. The molecule has 4 rings (SSSR count). The van der Waals surface area contributed by atoms with Gasteiger partial charge in [-0.05, 0) is 12.1 Å². The van der Waals surface area contributed by atoms with Crippen LogP contribution in [0, 0.1) is 11.6 Å². The van der Waals surface area contributed by atoms with Crippen LogP contribution in [-0.2, 0) is 17.8 Å². The fourth-order valence-electron chi connectivity index (χ4n) is 2.83. The van der Waals surface area contributed by atoms with Gasteiger partial charge in [0.05, 0.1) is 18.6 Å². The average molecular weight is 360 g/mol. The van der Waals surface area contributed by atoms with Gasteiger partial charge >= 0.3 is 0 Å². The van der Waals surface area contributed by atoms with Crippen LogP contribution in [0.25, 0.3) is 11.5 Å². The third-order valence-electron chi connectivity index (χ3n) is 4.08. The molecule has 1 aliphatic heterocycles. The molecule has 0 aliphatic carbocycles. The van der Waals surface area contributed by atoms with Crippen LogP contribution in [0.3, 0.4) is 0 Å². The smallest absolute Gasteiger partial charge is 0.263 e. The Balaban J connectivity index is 1.45.